The second-order valence-corrected chi connectivity index (χ2v) is 7.17. The molecule has 0 bridgehead atoms. The van der Waals surface area contributed by atoms with E-state index in [1.807, 2.05) is 12.1 Å². The van der Waals surface area contributed by atoms with E-state index in [9.17, 15) is 4.79 Å². The molecule has 0 spiro atoms. The number of hydrazine groups is 1. The minimum atomic E-state index is -0.401. The molecule has 0 amide bonds. The molecule has 0 atom stereocenters. The van der Waals surface area contributed by atoms with Gasteiger partial charge < -0.3 is 14.2 Å². The van der Waals surface area contributed by atoms with Crippen LogP contribution < -0.4 is 31.0 Å². The van der Waals surface area contributed by atoms with Gasteiger partial charge in [-0.3, -0.25) is 15.2 Å². The highest BCUT2D eigenvalue weighted by Gasteiger charge is 2.19. The number of aromatic nitrogens is 3. The molecule has 0 aliphatic carbocycles. The molecule has 32 heavy (non-hydrogen) atoms. The Balaban J connectivity index is 2.07. The summed E-state index contributed by atoms with van der Waals surface area (Å²) in [5, 5.41) is 0.888. The second kappa shape index (κ2) is 8.74. The first-order valence-corrected chi connectivity index (χ1v) is 9.84. The Kier molecular flexibility index (Phi) is 5.85. The summed E-state index contributed by atoms with van der Waals surface area (Å²) >= 11 is 6.04. The molecule has 164 valence electrons. The average Bonchev–Trinajstić information content (AvgIpc) is 2.82. The van der Waals surface area contributed by atoms with Crippen LogP contribution in [0.2, 0.25) is 5.02 Å². The molecule has 0 radical (unpaired) electrons. The highest BCUT2D eigenvalue weighted by molar-refractivity contribution is 6.30. The molecule has 4 rings (SSSR count). The number of methoxy groups -OCH3 is 3. The third kappa shape index (κ3) is 3.79. The number of fused-ring (bicyclic) bond motifs is 1. The number of hydrogen-bond acceptors (Lipinski definition) is 8. The largest absolute Gasteiger partial charge is 0.493 e. The van der Waals surface area contributed by atoms with Crippen molar-refractivity contribution in [3.05, 3.63) is 57.8 Å². The van der Waals surface area contributed by atoms with E-state index in [-0.39, 0.29) is 17.0 Å². The van der Waals surface area contributed by atoms with Crippen LogP contribution >= 0.6 is 11.6 Å². The van der Waals surface area contributed by atoms with E-state index in [0.717, 1.165) is 5.56 Å². The maximum absolute atomic E-state index is 12.9. The van der Waals surface area contributed by atoms with Crippen LogP contribution in [0.4, 0.5) is 5.95 Å². The predicted octanol–water partition coefficient (Wildman–Crippen LogP) is 3.62. The fourth-order valence-electron chi connectivity index (χ4n) is 3.44. The van der Waals surface area contributed by atoms with E-state index in [1.165, 1.54) is 21.3 Å². The lowest BCUT2D eigenvalue weighted by Crippen LogP contribution is -2.18. The van der Waals surface area contributed by atoms with Crippen LogP contribution in [-0.2, 0) is 0 Å². The fraction of sp³-hybridized carbons (Fsp3) is 0.136. The lowest BCUT2D eigenvalue weighted by molar-refractivity contribution is 0.324. The number of halogens is 1. The molecule has 2 heterocycles. The van der Waals surface area contributed by atoms with Gasteiger partial charge in [0, 0.05) is 16.1 Å². The molecule has 9 nitrogen and oxygen atoms in total. The van der Waals surface area contributed by atoms with Crippen molar-refractivity contribution in [3.8, 4) is 39.6 Å². The van der Waals surface area contributed by atoms with Crippen LogP contribution in [0.15, 0.2) is 47.3 Å². The predicted molar refractivity (Wildman–Crippen MR) is 124 cm³/mol. The van der Waals surface area contributed by atoms with Crippen molar-refractivity contribution in [2.45, 2.75) is 0 Å². The molecule has 0 aliphatic rings. The van der Waals surface area contributed by atoms with E-state index in [1.54, 1.807) is 30.3 Å². The topological polar surface area (TPSA) is 124 Å². The average molecular weight is 454 g/mol. The van der Waals surface area contributed by atoms with Gasteiger partial charge in [0.25, 0.3) is 5.56 Å². The summed E-state index contributed by atoms with van der Waals surface area (Å²) in [6, 6.07) is 12.5. The Morgan fingerprint density at radius 3 is 2.16 bits per heavy atom. The van der Waals surface area contributed by atoms with E-state index in [2.05, 4.69) is 20.4 Å². The molecule has 4 aromatic rings. The number of nitrogens with two attached hydrogens (primary N) is 1. The van der Waals surface area contributed by atoms with Gasteiger partial charge >= 0.3 is 0 Å². The van der Waals surface area contributed by atoms with Crippen molar-refractivity contribution >= 4 is 28.6 Å². The SMILES string of the molecule is COc1cc(-c2cc(-c3ccc(Cl)cc3)nc3nc(NN)[nH]c(=O)c23)cc(OC)c1OC. The molecule has 4 N–H and O–H groups in total. The highest BCUT2D eigenvalue weighted by Crippen LogP contribution is 2.42. The number of nitrogens with zero attached hydrogens (tertiary/aromatic N) is 2. The van der Waals surface area contributed by atoms with Crippen molar-refractivity contribution in [1.82, 2.24) is 15.0 Å². The van der Waals surface area contributed by atoms with Crippen LogP contribution in [-0.4, -0.2) is 36.3 Å². The van der Waals surface area contributed by atoms with Gasteiger partial charge in [-0.05, 0) is 35.9 Å². The zero-order valence-electron chi connectivity index (χ0n) is 17.5. The summed E-state index contributed by atoms with van der Waals surface area (Å²) in [7, 11) is 4.58. The van der Waals surface area contributed by atoms with Crippen molar-refractivity contribution in [1.29, 1.82) is 0 Å². The number of nitrogens with one attached hydrogen (secondary N) is 2. The number of pyridine rings is 1. The fourth-order valence-corrected chi connectivity index (χ4v) is 3.57. The van der Waals surface area contributed by atoms with Gasteiger partial charge in [0.2, 0.25) is 11.7 Å². The first-order chi connectivity index (χ1) is 15.5. The lowest BCUT2D eigenvalue weighted by Gasteiger charge is -2.16. The molecule has 2 aromatic heterocycles. The van der Waals surface area contributed by atoms with Gasteiger partial charge in [-0.25, -0.2) is 10.8 Å². The summed E-state index contributed by atoms with van der Waals surface area (Å²) in [6.45, 7) is 0. The molecule has 0 unspecified atom stereocenters. The first kappa shape index (κ1) is 21.4. The third-order valence-electron chi connectivity index (χ3n) is 4.93. The van der Waals surface area contributed by atoms with E-state index in [0.29, 0.717) is 39.1 Å². The summed E-state index contributed by atoms with van der Waals surface area (Å²) < 4.78 is 16.4. The maximum Gasteiger partial charge on any atom is 0.262 e. The molecule has 0 saturated heterocycles. The van der Waals surface area contributed by atoms with Crippen LogP contribution in [0.5, 0.6) is 17.2 Å². The molecule has 10 heteroatoms. The number of ether oxygens (including phenoxy) is 3. The van der Waals surface area contributed by atoms with Crippen molar-refractivity contribution in [2.75, 3.05) is 26.8 Å². The first-order valence-electron chi connectivity index (χ1n) is 9.47. The molecule has 2 aromatic carbocycles. The molecule has 0 saturated carbocycles. The van der Waals surface area contributed by atoms with Gasteiger partial charge in [0.05, 0.1) is 32.4 Å². The van der Waals surface area contributed by atoms with Gasteiger partial charge in [-0.1, -0.05) is 23.7 Å². The lowest BCUT2D eigenvalue weighted by atomic mass is 9.99. The zero-order chi connectivity index (χ0) is 22.8. The highest BCUT2D eigenvalue weighted by atomic mass is 35.5. The van der Waals surface area contributed by atoms with E-state index < -0.39 is 5.56 Å². The summed E-state index contributed by atoms with van der Waals surface area (Å²) in [6.07, 6.45) is 0. The smallest absolute Gasteiger partial charge is 0.262 e. The van der Waals surface area contributed by atoms with Crippen molar-refractivity contribution in [3.63, 3.8) is 0 Å². The van der Waals surface area contributed by atoms with Gasteiger partial charge in [-0.15, -0.1) is 0 Å². The van der Waals surface area contributed by atoms with Gasteiger partial charge in [-0.2, -0.15) is 4.98 Å². The quantitative estimate of drug-likeness (QED) is 0.298. The number of hydrogen-bond donors (Lipinski definition) is 3. The van der Waals surface area contributed by atoms with Crippen molar-refractivity contribution in [2.24, 2.45) is 5.84 Å². The van der Waals surface area contributed by atoms with Crippen LogP contribution in [0.3, 0.4) is 0 Å². The van der Waals surface area contributed by atoms with Gasteiger partial charge in [0.15, 0.2) is 17.1 Å². The van der Waals surface area contributed by atoms with Crippen LogP contribution in [0.25, 0.3) is 33.4 Å². The Bertz CT molecular complexity index is 1330. The number of rotatable bonds is 6. The zero-order valence-corrected chi connectivity index (χ0v) is 18.3. The third-order valence-corrected chi connectivity index (χ3v) is 5.18. The van der Waals surface area contributed by atoms with Crippen molar-refractivity contribution < 1.29 is 14.2 Å². The molecule has 0 fully saturated rings. The Labute approximate surface area is 188 Å². The minimum absolute atomic E-state index is 0.0964. The monoisotopic (exact) mass is 453 g/mol. The number of nitrogen functional groups attached to an aromatic ring is 1. The van der Waals surface area contributed by atoms with Crippen LogP contribution in [0.1, 0.15) is 0 Å². The summed E-state index contributed by atoms with van der Waals surface area (Å²) in [5.74, 6) is 6.90. The minimum Gasteiger partial charge on any atom is -0.493 e. The Hall–Kier alpha value is -3.82. The number of H-pyrrole nitrogens is 1. The van der Waals surface area contributed by atoms with E-state index in [4.69, 9.17) is 31.7 Å². The molecule has 0 aliphatic heterocycles. The maximum atomic E-state index is 12.9. The van der Waals surface area contributed by atoms with Crippen LogP contribution in [0, 0.1) is 0 Å². The Morgan fingerprint density at radius 1 is 0.938 bits per heavy atom. The Morgan fingerprint density at radius 2 is 1.59 bits per heavy atom. The van der Waals surface area contributed by atoms with E-state index >= 15 is 0 Å². The number of anilines is 1. The normalized spacial score (nSPS) is 10.8. The molecular formula is C22H20ClN5O4. The standard InChI is InChI=1S/C22H20ClN5O4/c1-30-16-8-12(9-17(31-2)19(16)32-3)14-10-15(11-4-6-13(23)7-5-11)25-20-18(14)21(29)27-22(26-20)28-24/h4-10H,24H2,1-3H3,(H2,25,26,27,28,29). The summed E-state index contributed by atoms with van der Waals surface area (Å²) in [5.41, 5.74) is 4.81. The number of aromatic amines is 1. The van der Waals surface area contributed by atoms with Gasteiger partial charge in [0.1, 0.15) is 0 Å². The summed E-state index contributed by atoms with van der Waals surface area (Å²) in [4.78, 5) is 24.5. The second-order valence-electron chi connectivity index (χ2n) is 6.73. The number of benzene rings is 2. The molecular weight excluding hydrogens is 434 g/mol.